The lowest BCUT2D eigenvalue weighted by molar-refractivity contribution is -0.189. The van der Waals surface area contributed by atoms with E-state index >= 15 is 0 Å². The van der Waals surface area contributed by atoms with Crippen LogP contribution in [0.3, 0.4) is 0 Å². The van der Waals surface area contributed by atoms with Crippen molar-refractivity contribution in [3.63, 3.8) is 0 Å². The van der Waals surface area contributed by atoms with Crippen molar-refractivity contribution in [3.05, 3.63) is 107 Å². The van der Waals surface area contributed by atoms with Crippen LogP contribution in [0.1, 0.15) is 5.56 Å². The highest BCUT2D eigenvalue weighted by Gasteiger charge is 2.45. The molecule has 2 atom stereocenters. The standard InChI is InChI=1S/C32H35Cl2N5O3/c33-25-6-11-30(31(34)20-25)32(23-38-14-12-35-24-38)41-22-29(42-32)21-40-28-9-7-27(8-10-28)39-18-16-37(17-19-39)15-13-36-26-4-2-1-3-5-26/h1-12,14,20,24,29,36H,13,15-19,21-23H2. The fraction of sp³-hybridized carbons (Fsp3) is 0.344. The van der Waals surface area contributed by atoms with E-state index in [1.165, 1.54) is 11.4 Å². The normalized spacial score (nSPS) is 21.0. The number of nitrogens with one attached hydrogen (secondary N) is 1. The third kappa shape index (κ3) is 7.02. The minimum absolute atomic E-state index is 0.274. The summed E-state index contributed by atoms with van der Waals surface area (Å²) in [6, 6.07) is 24.0. The molecule has 8 nitrogen and oxygen atoms in total. The quantitative estimate of drug-likeness (QED) is 0.232. The molecule has 0 amide bonds. The summed E-state index contributed by atoms with van der Waals surface area (Å²) in [5.41, 5.74) is 3.11. The van der Waals surface area contributed by atoms with Crippen LogP contribution < -0.4 is 15.0 Å². The summed E-state index contributed by atoms with van der Waals surface area (Å²) in [5, 5.41) is 4.55. The van der Waals surface area contributed by atoms with E-state index in [9.17, 15) is 0 Å². The molecule has 3 heterocycles. The Morgan fingerprint density at radius 2 is 1.79 bits per heavy atom. The minimum atomic E-state index is -1.07. The highest BCUT2D eigenvalue weighted by atomic mass is 35.5. The zero-order valence-electron chi connectivity index (χ0n) is 23.4. The van der Waals surface area contributed by atoms with E-state index in [4.69, 9.17) is 37.4 Å². The van der Waals surface area contributed by atoms with Gasteiger partial charge in [0.15, 0.2) is 0 Å². The van der Waals surface area contributed by atoms with Gasteiger partial charge in [-0.15, -0.1) is 0 Å². The van der Waals surface area contributed by atoms with Gasteiger partial charge in [0, 0.05) is 73.6 Å². The second kappa shape index (κ2) is 13.4. The minimum Gasteiger partial charge on any atom is -0.491 e. The number of aromatic nitrogens is 2. The van der Waals surface area contributed by atoms with E-state index < -0.39 is 5.79 Å². The summed E-state index contributed by atoms with van der Waals surface area (Å²) in [7, 11) is 0. The fourth-order valence-electron chi connectivity index (χ4n) is 5.46. The molecule has 0 saturated carbocycles. The van der Waals surface area contributed by atoms with Gasteiger partial charge in [-0.2, -0.15) is 0 Å². The van der Waals surface area contributed by atoms with Crippen molar-refractivity contribution < 1.29 is 14.2 Å². The van der Waals surface area contributed by atoms with E-state index in [1.54, 1.807) is 24.7 Å². The molecule has 1 N–H and O–H groups in total. The zero-order chi connectivity index (χ0) is 28.8. The highest BCUT2D eigenvalue weighted by Crippen LogP contribution is 2.40. The van der Waals surface area contributed by atoms with Gasteiger partial charge in [-0.05, 0) is 48.5 Å². The number of hydrogen-bond donors (Lipinski definition) is 1. The Morgan fingerprint density at radius 1 is 0.976 bits per heavy atom. The van der Waals surface area contributed by atoms with Gasteiger partial charge in [-0.1, -0.05) is 47.5 Å². The summed E-state index contributed by atoms with van der Waals surface area (Å²) < 4.78 is 20.8. The second-order valence-corrected chi connectivity index (χ2v) is 11.4. The summed E-state index contributed by atoms with van der Waals surface area (Å²) in [5.74, 6) is -0.274. The van der Waals surface area contributed by atoms with Gasteiger partial charge < -0.3 is 29.0 Å². The molecule has 0 radical (unpaired) electrons. The molecular weight excluding hydrogens is 573 g/mol. The third-order valence-electron chi connectivity index (χ3n) is 7.69. The number of imidazole rings is 1. The van der Waals surface area contributed by atoms with Gasteiger partial charge in [0.2, 0.25) is 5.79 Å². The molecule has 2 aliphatic rings. The Hall–Kier alpha value is -3.27. The Labute approximate surface area is 256 Å². The Bertz CT molecular complexity index is 1420. The predicted molar refractivity (Wildman–Crippen MR) is 167 cm³/mol. The Kier molecular flexibility index (Phi) is 9.17. The molecule has 0 spiro atoms. The maximum atomic E-state index is 6.58. The SMILES string of the molecule is Clc1ccc(C2(Cn3ccnc3)OCC(COc3ccc(N4CCN(CCNc5ccccc5)CC4)cc3)O2)c(Cl)c1. The topological polar surface area (TPSA) is 64.0 Å². The average molecular weight is 609 g/mol. The molecule has 4 aromatic rings. The van der Waals surface area contributed by atoms with E-state index in [1.807, 2.05) is 35.0 Å². The number of halogens is 2. The second-order valence-electron chi connectivity index (χ2n) is 10.6. The number of anilines is 2. The van der Waals surface area contributed by atoms with Gasteiger partial charge >= 0.3 is 0 Å². The summed E-state index contributed by atoms with van der Waals surface area (Å²) in [4.78, 5) is 9.09. The third-order valence-corrected chi connectivity index (χ3v) is 8.24. The largest absolute Gasteiger partial charge is 0.491 e. The van der Waals surface area contributed by atoms with Gasteiger partial charge in [0.1, 0.15) is 18.5 Å². The van der Waals surface area contributed by atoms with Crippen LogP contribution in [-0.2, 0) is 21.8 Å². The van der Waals surface area contributed by atoms with E-state index in [0.29, 0.717) is 29.8 Å². The first-order valence-electron chi connectivity index (χ1n) is 14.3. The lowest BCUT2D eigenvalue weighted by Crippen LogP contribution is -2.47. The van der Waals surface area contributed by atoms with Gasteiger partial charge in [0.25, 0.3) is 0 Å². The molecule has 6 rings (SSSR count). The zero-order valence-corrected chi connectivity index (χ0v) is 24.9. The summed E-state index contributed by atoms with van der Waals surface area (Å²) in [6.45, 7) is 7.22. The predicted octanol–water partition coefficient (Wildman–Crippen LogP) is 5.77. The van der Waals surface area contributed by atoms with Gasteiger partial charge in [-0.3, -0.25) is 4.90 Å². The Morgan fingerprint density at radius 3 is 2.52 bits per heavy atom. The number of piperazine rings is 1. The number of hydrogen-bond acceptors (Lipinski definition) is 7. The molecule has 2 fully saturated rings. The van der Waals surface area contributed by atoms with Gasteiger partial charge in [-0.25, -0.2) is 4.98 Å². The molecule has 0 bridgehead atoms. The number of ether oxygens (including phenoxy) is 3. The molecule has 2 unspecified atom stereocenters. The maximum absolute atomic E-state index is 6.58. The summed E-state index contributed by atoms with van der Waals surface area (Å²) in [6.07, 6.45) is 5.05. The molecule has 0 aliphatic carbocycles. The van der Waals surface area contributed by atoms with Crippen LogP contribution >= 0.6 is 23.2 Å². The van der Waals surface area contributed by atoms with Crippen molar-refractivity contribution in [1.82, 2.24) is 14.5 Å². The number of para-hydroxylation sites is 1. The van der Waals surface area contributed by atoms with Crippen LogP contribution in [0, 0.1) is 0 Å². The Balaban J connectivity index is 0.993. The van der Waals surface area contributed by atoms with Crippen LogP contribution in [0.2, 0.25) is 10.0 Å². The molecule has 1 aromatic heterocycles. The number of benzene rings is 3. The van der Waals surface area contributed by atoms with Crippen LogP contribution in [0.15, 0.2) is 91.5 Å². The lowest BCUT2D eigenvalue weighted by Gasteiger charge is -2.36. The molecule has 2 saturated heterocycles. The molecule has 3 aromatic carbocycles. The van der Waals surface area contributed by atoms with Crippen molar-refractivity contribution in [2.24, 2.45) is 0 Å². The first-order chi connectivity index (χ1) is 20.6. The first kappa shape index (κ1) is 28.8. The van der Waals surface area contributed by atoms with E-state index in [2.05, 4.69) is 56.5 Å². The van der Waals surface area contributed by atoms with E-state index in [0.717, 1.165) is 50.6 Å². The summed E-state index contributed by atoms with van der Waals surface area (Å²) >= 11 is 12.7. The molecular formula is C32H35Cl2N5O3. The first-order valence-corrected chi connectivity index (χ1v) is 15.0. The maximum Gasteiger partial charge on any atom is 0.215 e. The van der Waals surface area contributed by atoms with Crippen LogP contribution in [0.25, 0.3) is 0 Å². The van der Waals surface area contributed by atoms with Crippen molar-refractivity contribution in [2.75, 3.05) is 62.7 Å². The lowest BCUT2D eigenvalue weighted by atomic mass is 10.1. The van der Waals surface area contributed by atoms with Crippen molar-refractivity contribution in [3.8, 4) is 5.75 Å². The molecule has 42 heavy (non-hydrogen) atoms. The van der Waals surface area contributed by atoms with Crippen LogP contribution in [0.5, 0.6) is 5.75 Å². The van der Waals surface area contributed by atoms with Crippen molar-refractivity contribution in [1.29, 1.82) is 0 Å². The van der Waals surface area contributed by atoms with Crippen molar-refractivity contribution >= 4 is 34.6 Å². The van der Waals surface area contributed by atoms with Crippen LogP contribution in [0.4, 0.5) is 11.4 Å². The number of nitrogens with zero attached hydrogens (tertiary/aromatic N) is 4. The molecule has 10 heteroatoms. The van der Waals surface area contributed by atoms with E-state index in [-0.39, 0.29) is 6.10 Å². The van der Waals surface area contributed by atoms with Gasteiger partial charge in [0.05, 0.1) is 24.5 Å². The highest BCUT2D eigenvalue weighted by molar-refractivity contribution is 6.35. The molecule has 2 aliphatic heterocycles. The average Bonchev–Trinajstić information content (AvgIpc) is 3.68. The number of rotatable bonds is 11. The monoisotopic (exact) mass is 607 g/mol. The van der Waals surface area contributed by atoms with Crippen molar-refractivity contribution in [2.45, 2.75) is 18.4 Å². The smallest absolute Gasteiger partial charge is 0.215 e. The fourth-order valence-corrected chi connectivity index (χ4v) is 6.01. The van der Waals surface area contributed by atoms with Crippen LogP contribution in [-0.4, -0.2) is 73.0 Å². The molecule has 220 valence electrons.